The van der Waals surface area contributed by atoms with Gasteiger partial charge in [0.15, 0.2) is 0 Å². The van der Waals surface area contributed by atoms with Gasteiger partial charge < -0.3 is 19.9 Å². The lowest BCUT2D eigenvalue weighted by Crippen LogP contribution is -2.21. The molecule has 0 unspecified atom stereocenters. The Balaban J connectivity index is 2.51. The molecule has 2 N–H and O–H groups in total. The quantitative estimate of drug-likeness (QED) is 0.920. The van der Waals surface area contributed by atoms with Crippen LogP contribution < -0.4 is 10.5 Å². The second-order valence-corrected chi connectivity index (χ2v) is 4.55. The summed E-state index contributed by atoms with van der Waals surface area (Å²) in [5.74, 6) is 1.72. The highest BCUT2D eigenvalue weighted by molar-refractivity contribution is 5.47. The third-order valence-corrected chi connectivity index (χ3v) is 3.30. The average Bonchev–Trinajstić information content (AvgIpc) is 2.50. The molecule has 5 heteroatoms. The molecule has 0 fully saturated rings. The molecule has 0 amide bonds. The molecule has 1 aromatic rings. The molecular formula is C16H18N2O3. The largest absolute Gasteiger partial charge is 0.497 e. The van der Waals surface area contributed by atoms with E-state index in [0.717, 1.165) is 11.3 Å². The second kappa shape index (κ2) is 6.23. The Kier molecular flexibility index (Phi) is 4.39. The van der Waals surface area contributed by atoms with Gasteiger partial charge in [-0.25, -0.2) is 0 Å². The first-order chi connectivity index (χ1) is 10.1. The lowest BCUT2D eigenvalue weighted by Gasteiger charge is -2.27. The molecule has 1 aromatic carbocycles. The Hall–Kier alpha value is -2.61. The summed E-state index contributed by atoms with van der Waals surface area (Å²) in [6.45, 7) is 4.16. The van der Waals surface area contributed by atoms with Crippen LogP contribution in [0.4, 0.5) is 0 Å². The molecule has 1 aliphatic rings. The van der Waals surface area contributed by atoms with Crippen LogP contribution in [0.1, 0.15) is 25.3 Å². The molecule has 0 aliphatic carbocycles. The van der Waals surface area contributed by atoms with Crippen molar-refractivity contribution in [1.82, 2.24) is 0 Å². The summed E-state index contributed by atoms with van der Waals surface area (Å²) < 4.78 is 16.3. The molecule has 2 rings (SSSR count). The van der Waals surface area contributed by atoms with E-state index < -0.39 is 0 Å². The van der Waals surface area contributed by atoms with Gasteiger partial charge in [-0.1, -0.05) is 12.1 Å². The summed E-state index contributed by atoms with van der Waals surface area (Å²) in [7, 11) is 1.61. The number of ether oxygens (including phenoxy) is 3. The van der Waals surface area contributed by atoms with E-state index in [4.69, 9.17) is 19.9 Å². The van der Waals surface area contributed by atoms with Crippen molar-refractivity contribution in [2.75, 3.05) is 13.7 Å². The van der Waals surface area contributed by atoms with Crippen molar-refractivity contribution in [1.29, 1.82) is 5.26 Å². The number of nitrogens with two attached hydrogens (primary N) is 1. The molecule has 0 bridgehead atoms. The van der Waals surface area contributed by atoms with E-state index >= 15 is 0 Å². The molecule has 1 aliphatic heterocycles. The second-order valence-electron chi connectivity index (χ2n) is 4.55. The fraction of sp³-hybridized carbons (Fsp3) is 0.312. The molecule has 0 aromatic heterocycles. The summed E-state index contributed by atoms with van der Waals surface area (Å²) in [5.41, 5.74) is 7.10. The van der Waals surface area contributed by atoms with E-state index in [0.29, 0.717) is 23.7 Å². The monoisotopic (exact) mass is 286 g/mol. The van der Waals surface area contributed by atoms with Crippen LogP contribution in [-0.2, 0) is 9.47 Å². The summed E-state index contributed by atoms with van der Waals surface area (Å²) in [6, 6.07) is 9.60. The van der Waals surface area contributed by atoms with Crippen LogP contribution in [0.3, 0.4) is 0 Å². The van der Waals surface area contributed by atoms with E-state index in [9.17, 15) is 5.26 Å². The maximum atomic E-state index is 9.40. The minimum Gasteiger partial charge on any atom is -0.497 e. The molecule has 1 heterocycles. The van der Waals surface area contributed by atoms with Gasteiger partial charge in [0.25, 0.3) is 0 Å². The minimum absolute atomic E-state index is 0.124. The first kappa shape index (κ1) is 14.8. The van der Waals surface area contributed by atoms with Crippen molar-refractivity contribution >= 4 is 0 Å². The highest BCUT2D eigenvalue weighted by atomic mass is 16.5. The Morgan fingerprint density at radius 3 is 2.52 bits per heavy atom. The van der Waals surface area contributed by atoms with Gasteiger partial charge >= 0.3 is 0 Å². The maximum Gasteiger partial charge on any atom is 0.205 e. The van der Waals surface area contributed by atoms with Crippen molar-refractivity contribution in [3.63, 3.8) is 0 Å². The van der Waals surface area contributed by atoms with Crippen LogP contribution in [0, 0.1) is 11.3 Å². The van der Waals surface area contributed by atoms with Crippen LogP contribution in [0.5, 0.6) is 5.75 Å². The van der Waals surface area contributed by atoms with Crippen molar-refractivity contribution < 1.29 is 14.2 Å². The molecule has 110 valence electrons. The normalized spacial score (nSPS) is 18.1. The smallest absolute Gasteiger partial charge is 0.205 e. The molecule has 1 atom stereocenters. The van der Waals surface area contributed by atoms with E-state index in [1.807, 2.05) is 31.2 Å². The summed E-state index contributed by atoms with van der Waals surface area (Å²) >= 11 is 0. The van der Waals surface area contributed by atoms with Crippen LogP contribution in [0.25, 0.3) is 0 Å². The molecule has 5 nitrogen and oxygen atoms in total. The number of rotatable bonds is 4. The lowest BCUT2D eigenvalue weighted by atomic mass is 9.88. The molecule has 0 spiro atoms. The van der Waals surface area contributed by atoms with E-state index in [-0.39, 0.29) is 11.8 Å². The fourth-order valence-corrected chi connectivity index (χ4v) is 2.32. The zero-order chi connectivity index (χ0) is 15.4. The first-order valence-corrected chi connectivity index (χ1v) is 6.67. The molecule has 0 radical (unpaired) electrons. The van der Waals surface area contributed by atoms with Crippen LogP contribution >= 0.6 is 0 Å². The predicted octanol–water partition coefficient (Wildman–Crippen LogP) is 2.77. The topological polar surface area (TPSA) is 77.5 Å². The SMILES string of the molecule is CCOC1=C(C)OC(N)=C(C#N)[C@H]1c1ccc(OC)cc1. The zero-order valence-corrected chi connectivity index (χ0v) is 12.3. The van der Waals surface area contributed by atoms with Crippen LogP contribution in [0.2, 0.25) is 0 Å². The van der Waals surface area contributed by atoms with Crippen molar-refractivity contribution in [2.24, 2.45) is 5.73 Å². The highest BCUT2D eigenvalue weighted by Crippen LogP contribution is 2.39. The molecular weight excluding hydrogens is 268 g/mol. The van der Waals surface area contributed by atoms with Gasteiger partial charge in [0.1, 0.15) is 28.9 Å². The number of methoxy groups -OCH3 is 1. The van der Waals surface area contributed by atoms with Crippen molar-refractivity contribution in [2.45, 2.75) is 19.8 Å². The van der Waals surface area contributed by atoms with Gasteiger partial charge in [0.05, 0.1) is 19.6 Å². The number of nitriles is 1. The predicted molar refractivity (Wildman–Crippen MR) is 78.0 cm³/mol. The fourth-order valence-electron chi connectivity index (χ4n) is 2.32. The van der Waals surface area contributed by atoms with Crippen molar-refractivity contribution in [3.8, 4) is 11.8 Å². The third kappa shape index (κ3) is 2.79. The number of hydrogen-bond acceptors (Lipinski definition) is 5. The number of benzene rings is 1. The zero-order valence-electron chi connectivity index (χ0n) is 12.3. The van der Waals surface area contributed by atoms with Crippen LogP contribution in [-0.4, -0.2) is 13.7 Å². The highest BCUT2D eigenvalue weighted by Gasteiger charge is 2.32. The van der Waals surface area contributed by atoms with E-state index in [1.165, 1.54) is 0 Å². The van der Waals surface area contributed by atoms with E-state index in [2.05, 4.69) is 6.07 Å². The number of hydrogen-bond donors (Lipinski definition) is 1. The van der Waals surface area contributed by atoms with Crippen molar-refractivity contribution in [3.05, 3.63) is 52.8 Å². The summed E-state index contributed by atoms with van der Waals surface area (Å²) in [4.78, 5) is 0. The standard InChI is InChI=1S/C16H18N2O3/c1-4-20-15-10(2)21-16(18)13(9-17)14(15)11-5-7-12(19-3)8-6-11/h5-8,14H,4,18H2,1-3H3/t14-/m1/s1. The van der Waals surface area contributed by atoms with Gasteiger partial charge in [-0.15, -0.1) is 0 Å². The van der Waals surface area contributed by atoms with Gasteiger partial charge in [0.2, 0.25) is 5.88 Å². The Labute approximate surface area is 124 Å². The lowest BCUT2D eigenvalue weighted by molar-refractivity contribution is 0.165. The summed E-state index contributed by atoms with van der Waals surface area (Å²) in [6.07, 6.45) is 0. The van der Waals surface area contributed by atoms with E-state index in [1.54, 1.807) is 14.0 Å². The number of allylic oxidation sites excluding steroid dienone is 2. The van der Waals surface area contributed by atoms with Crippen LogP contribution in [0.15, 0.2) is 47.2 Å². The summed E-state index contributed by atoms with van der Waals surface area (Å²) in [5, 5.41) is 9.40. The maximum absolute atomic E-state index is 9.40. The Bertz CT molecular complexity index is 624. The first-order valence-electron chi connectivity index (χ1n) is 6.67. The molecule has 0 saturated carbocycles. The van der Waals surface area contributed by atoms with Gasteiger partial charge in [-0.2, -0.15) is 5.26 Å². The number of nitrogens with zero attached hydrogens (tertiary/aromatic N) is 1. The Morgan fingerprint density at radius 1 is 1.33 bits per heavy atom. The minimum atomic E-state index is -0.352. The third-order valence-electron chi connectivity index (χ3n) is 3.30. The molecule has 21 heavy (non-hydrogen) atoms. The molecule has 0 saturated heterocycles. The van der Waals surface area contributed by atoms with Gasteiger partial charge in [-0.3, -0.25) is 0 Å². The van der Waals surface area contributed by atoms with Gasteiger partial charge in [-0.05, 0) is 31.5 Å². The van der Waals surface area contributed by atoms with Gasteiger partial charge in [0, 0.05) is 0 Å². The Morgan fingerprint density at radius 2 is 2.00 bits per heavy atom. The average molecular weight is 286 g/mol.